The maximum absolute atomic E-state index is 11.0. The van der Waals surface area contributed by atoms with Crippen molar-refractivity contribution in [1.29, 1.82) is 15.8 Å². The summed E-state index contributed by atoms with van der Waals surface area (Å²) in [5.74, 6) is 0. The van der Waals surface area contributed by atoms with Crippen LogP contribution in [0, 0.1) is 34.0 Å². The molecule has 0 aliphatic heterocycles. The van der Waals surface area contributed by atoms with E-state index >= 15 is 0 Å². The molecule has 0 heterocycles. The lowest BCUT2D eigenvalue weighted by Gasteiger charge is -2.10. The first-order chi connectivity index (χ1) is 9.07. The zero-order chi connectivity index (χ0) is 14.4. The van der Waals surface area contributed by atoms with Gasteiger partial charge in [0.1, 0.15) is 23.9 Å². The number of hydrogen-bond donors (Lipinski definition) is 1. The van der Waals surface area contributed by atoms with Crippen LogP contribution in [0.4, 0.5) is 5.69 Å². The van der Waals surface area contributed by atoms with Crippen molar-refractivity contribution < 1.29 is 4.79 Å². The molecule has 0 spiro atoms. The number of nitrogens with one attached hydrogen (secondary N) is 1. The summed E-state index contributed by atoms with van der Waals surface area (Å²) in [5, 5.41) is 29.0. The lowest BCUT2D eigenvalue weighted by atomic mass is 10.1. The Kier molecular flexibility index (Phi) is 5.26. The average Bonchev–Trinajstić information content (AvgIpc) is 2.40. The minimum Gasteiger partial charge on any atom is -0.344 e. The Labute approximate surface area is 126 Å². The second-order valence-electron chi connectivity index (χ2n) is 3.18. The number of allylic oxidation sites excluding steroid dienone is 2. The monoisotopic (exact) mass is 378 g/mol. The summed E-state index contributed by atoms with van der Waals surface area (Å²) in [4.78, 5) is 11.0. The number of carbonyl (C=O) groups excluding carboxylic acids is 1. The second-order valence-corrected chi connectivity index (χ2v) is 4.95. The van der Waals surface area contributed by atoms with Crippen LogP contribution in [0.5, 0.6) is 0 Å². The van der Waals surface area contributed by atoms with Gasteiger partial charge in [-0.05, 0) is 28.1 Å². The van der Waals surface area contributed by atoms with Crippen molar-refractivity contribution in [3.8, 4) is 18.2 Å². The Hall–Kier alpha value is -2.14. The number of anilines is 1. The molecule has 1 N–H and O–H groups in total. The van der Waals surface area contributed by atoms with E-state index in [2.05, 4.69) is 37.2 Å². The van der Waals surface area contributed by atoms with Crippen molar-refractivity contribution in [3.05, 3.63) is 37.9 Å². The summed E-state index contributed by atoms with van der Waals surface area (Å²) in [6.45, 7) is 0. The van der Waals surface area contributed by atoms with Gasteiger partial charge in [-0.1, -0.05) is 15.9 Å². The van der Waals surface area contributed by atoms with E-state index in [0.29, 0.717) is 20.9 Å². The van der Waals surface area contributed by atoms with Crippen LogP contribution in [-0.4, -0.2) is 6.29 Å². The molecule has 0 saturated heterocycles. The number of rotatable bonds is 3. The number of halogens is 2. The van der Waals surface area contributed by atoms with Gasteiger partial charge in [0.15, 0.2) is 11.9 Å². The molecule has 19 heavy (non-hydrogen) atoms. The first-order valence-electron chi connectivity index (χ1n) is 4.73. The first-order valence-corrected chi connectivity index (χ1v) is 6.31. The summed E-state index contributed by atoms with van der Waals surface area (Å²) < 4.78 is 1.20. The second kappa shape index (κ2) is 6.70. The smallest absolute Gasteiger partial charge is 0.163 e. The van der Waals surface area contributed by atoms with Gasteiger partial charge in [-0.25, -0.2) is 0 Å². The van der Waals surface area contributed by atoms with Crippen molar-refractivity contribution >= 4 is 43.8 Å². The van der Waals surface area contributed by atoms with Gasteiger partial charge in [-0.3, -0.25) is 4.79 Å². The molecule has 0 amide bonds. The molecule has 1 rings (SSSR count). The average molecular weight is 380 g/mol. The third kappa shape index (κ3) is 3.42. The van der Waals surface area contributed by atoms with E-state index in [9.17, 15) is 4.79 Å². The third-order valence-electron chi connectivity index (χ3n) is 2.05. The summed E-state index contributed by atoms with van der Waals surface area (Å²) >= 11 is 6.47. The van der Waals surface area contributed by atoms with Crippen LogP contribution in [0.25, 0.3) is 0 Å². The number of nitriles is 3. The van der Waals surface area contributed by atoms with E-state index in [-0.39, 0.29) is 16.8 Å². The fraction of sp³-hybridized carbons (Fsp3) is 0. The molecule has 92 valence electrons. The van der Waals surface area contributed by atoms with Crippen LogP contribution < -0.4 is 5.32 Å². The van der Waals surface area contributed by atoms with Crippen LogP contribution in [0.15, 0.2) is 32.3 Å². The molecule has 1 aromatic carbocycles. The molecule has 7 heteroatoms. The number of aldehydes is 1. The highest BCUT2D eigenvalue weighted by Gasteiger charge is 2.12. The lowest BCUT2D eigenvalue weighted by Crippen LogP contribution is -2.04. The molecule has 0 atom stereocenters. The first kappa shape index (κ1) is 14.9. The highest BCUT2D eigenvalue weighted by atomic mass is 79.9. The number of carbonyl (C=O) groups is 1. The fourth-order valence-electron chi connectivity index (χ4n) is 1.23. The molecule has 1 aromatic rings. The van der Waals surface area contributed by atoms with Gasteiger partial charge in [0.05, 0.1) is 5.69 Å². The van der Waals surface area contributed by atoms with E-state index in [1.54, 1.807) is 30.3 Å². The summed E-state index contributed by atoms with van der Waals surface area (Å²) in [5.41, 5.74) is 0.0345. The molecule has 0 bridgehead atoms. The Morgan fingerprint density at radius 2 is 1.79 bits per heavy atom. The molecule has 0 saturated carbocycles. The Morgan fingerprint density at radius 3 is 2.26 bits per heavy atom. The van der Waals surface area contributed by atoms with Crippen LogP contribution in [0.2, 0.25) is 0 Å². The summed E-state index contributed by atoms with van der Waals surface area (Å²) in [7, 11) is 0. The zero-order valence-electron chi connectivity index (χ0n) is 9.24. The van der Waals surface area contributed by atoms with Crippen LogP contribution in [-0.2, 0) is 0 Å². The highest BCUT2D eigenvalue weighted by molar-refractivity contribution is 9.11. The topological polar surface area (TPSA) is 100 Å². The van der Waals surface area contributed by atoms with Crippen LogP contribution in [0.3, 0.4) is 0 Å². The summed E-state index contributed by atoms with van der Waals surface area (Å²) in [6, 6.07) is 8.16. The van der Waals surface area contributed by atoms with Crippen LogP contribution in [0.1, 0.15) is 10.4 Å². The van der Waals surface area contributed by atoms with Gasteiger partial charge < -0.3 is 5.32 Å². The van der Waals surface area contributed by atoms with E-state index in [0.717, 1.165) is 0 Å². The van der Waals surface area contributed by atoms with Gasteiger partial charge in [-0.15, -0.1) is 0 Å². The van der Waals surface area contributed by atoms with E-state index < -0.39 is 0 Å². The quantitative estimate of drug-likeness (QED) is 0.641. The molecule has 0 radical (unpaired) electrons. The molecule has 0 aliphatic carbocycles. The van der Waals surface area contributed by atoms with Gasteiger partial charge in [0.25, 0.3) is 0 Å². The number of hydrogen-bond acceptors (Lipinski definition) is 5. The molecular formula is C12H4Br2N4O. The lowest BCUT2D eigenvalue weighted by molar-refractivity contribution is 0.112. The van der Waals surface area contributed by atoms with E-state index in [4.69, 9.17) is 15.8 Å². The predicted molar refractivity (Wildman–Crippen MR) is 74.7 cm³/mol. The molecule has 0 unspecified atom stereocenters. The Morgan fingerprint density at radius 1 is 1.16 bits per heavy atom. The molecule has 5 nitrogen and oxygen atoms in total. The number of nitrogens with zero attached hydrogens (tertiary/aromatic N) is 3. The van der Waals surface area contributed by atoms with Gasteiger partial charge in [0, 0.05) is 14.5 Å². The molecule has 0 fully saturated rings. The van der Waals surface area contributed by atoms with Crippen molar-refractivity contribution in [2.75, 3.05) is 5.32 Å². The van der Waals surface area contributed by atoms with Crippen LogP contribution >= 0.6 is 31.9 Å². The van der Waals surface area contributed by atoms with E-state index in [1.807, 2.05) is 0 Å². The van der Waals surface area contributed by atoms with E-state index in [1.165, 1.54) is 0 Å². The standard InChI is InChI=1S/C12H4Br2N4O/c13-9-1-7(6-19)12(10(14)2-9)18-11(5-17)8(3-15)4-16/h1-2,6,18H. The predicted octanol–water partition coefficient (Wildman–Crippen LogP) is 3.26. The molecule has 0 aromatic heterocycles. The Balaban J connectivity index is 3.40. The molecular weight excluding hydrogens is 376 g/mol. The fourth-order valence-corrected chi connectivity index (χ4v) is 2.58. The van der Waals surface area contributed by atoms with Crippen molar-refractivity contribution in [3.63, 3.8) is 0 Å². The minimum atomic E-state index is -0.353. The van der Waals surface area contributed by atoms with Crippen molar-refractivity contribution in [2.24, 2.45) is 0 Å². The SMILES string of the molecule is N#CC(C#N)=C(C#N)Nc1c(Br)cc(Br)cc1C=O. The highest BCUT2D eigenvalue weighted by Crippen LogP contribution is 2.31. The maximum atomic E-state index is 11.0. The third-order valence-corrected chi connectivity index (χ3v) is 3.13. The number of benzene rings is 1. The minimum absolute atomic E-state index is 0.212. The largest absolute Gasteiger partial charge is 0.344 e. The van der Waals surface area contributed by atoms with Crippen molar-refractivity contribution in [2.45, 2.75) is 0 Å². The van der Waals surface area contributed by atoms with Gasteiger partial charge >= 0.3 is 0 Å². The molecule has 0 aliphatic rings. The van der Waals surface area contributed by atoms with Gasteiger partial charge in [0.2, 0.25) is 0 Å². The normalized spacial score (nSPS) is 8.58. The van der Waals surface area contributed by atoms with Gasteiger partial charge in [-0.2, -0.15) is 15.8 Å². The zero-order valence-corrected chi connectivity index (χ0v) is 12.4. The summed E-state index contributed by atoms with van der Waals surface area (Å²) in [6.07, 6.45) is 0.602. The Bertz CT molecular complexity index is 673. The van der Waals surface area contributed by atoms with Crippen molar-refractivity contribution in [1.82, 2.24) is 0 Å². The maximum Gasteiger partial charge on any atom is 0.163 e.